The van der Waals surface area contributed by atoms with Gasteiger partial charge < -0.3 is 10.1 Å². The van der Waals surface area contributed by atoms with Crippen molar-refractivity contribution in [3.8, 4) is 5.75 Å². The van der Waals surface area contributed by atoms with Gasteiger partial charge in [-0.3, -0.25) is 19.5 Å². The Morgan fingerprint density at radius 2 is 1.75 bits per heavy atom. The average molecular weight is 428 g/mol. The molecule has 2 heterocycles. The van der Waals surface area contributed by atoms with Gasteiger partial charge in [0.25, 0.3) is 11.8 Å². The Labute approximate surface area is 187 Å². The van der Waals surface area contributed by atoms with E-state index < -0.39 is 0 Å². The van der Waals surface area contributed by atoms with Crippen molar-refractivity contribution < 1.29 is 14.3 Å². The molecule has 1 aliphatic heterocycles. The van der Waals surface area contributed by atoms with Gasteiger partial charge in [0.15, 0.2) is 0 Å². The van der Waals surface area contributed by atoms with Crippen LogP contribution in [0.1, 0.15) is 29.3 Å². The smallest absolute Gasteiger partial charge is 0.278 e. The first-order valence-corrected chi connectivity index (χ1v) is 10.6. The number of aromatic nitrogens is 1. The van der Waals surface area contributed by atoms with E-state index in [2.05, 4.69) is 10.3 Å². The van der Waals surface area contributed by atoms with Crippen molar-refractivity contribution in [2.75, 3.05) is 11.9 Å². The lowest BCUT2D eigenvalue weighted by molar-refractivity contribution is -0.137. The molecule has 0 unspecified atom stereocenters. The third-order valence-electron chi connectivity index (χ3n) is 5.32. The van der Waals surface area contributed by atoms with Crippen LogP contribution in [0.5, 0.6) is 5.75 Å². The van der Waals surface area contributed by atoms with Crippen molar-refractivity contribution >= 4 is 23.1 Å². The molecule has 0 saturated carbocycles. The van der Waals surface area contributed by atoms with Crippen LogP contribution in [0.3, 0.4) is 0 Å². The summed E-state index contributed by atoms with van der Waals surface area (Å²) in [5.41, 5.74) is 4.75. The quantitative estimate of drug-likeness (QED) is 0.563. The van der Waals surface area contributed by atoms with Gasteiger partial charge in [-0.15, -0.1) is 0 Å². The fourth-order valence-electron chi connectivity index (χ4n) is 3.65. The Morgan fingerprint density at radius 1 is 0.969 bits per heavy atom. The summed E-state index contributed by atoms with van der Waals surface area (Å²) in [6.07, 6.45) is 1.65. The second kappa shape index (κ2) is 9.06. The fraction of sp³-hybridized carbons (Fsp3) is 0.192. The summed E-state index contributed by atoms with van der Waals surface area (Å²) in [6, 6.07) is 18.6. The van der Waals surface area contributed by atoms with Crippen LogP contribution >= 0.6 is 0 Å². The van der Waals surface area contributed by atoms with E-state index in [-0.39, 0.29) is 24.1 Å². The Balaban J connectivity index is 1.75. The first kappa shape index (κ1) is 21.3. The molecule has 6 nitrogen and oxygen atoms in total. The Morgan fingerprint density at radius 3 is 2.44 bits per heavy atom. The van der Waals surface area contributed by atoms with Crippen LogP contribution in [-0.2, 0) is 16.1 Å². The highest BCUT2D eigenvalue weighted by molar-refractivity contribution is 6.36. The largest absolute Gasteiger partial charge is 0.494 e. The predicted octanol–water partition coefficient (Wildman–Crippen LogP) is 4.49. The number of hydrogen-bond donors (Lipinski definition) is 1. The first-order valence-electron chi connectivity index (χ1n) is 10.6. The van der Waals surface area contributed by atoms with Gasteiger partial charge in [-0.25, -0.2) is 0 Å². The van der Waals surface area contributed by atoms with Crippen LogP contribution in [0.15, 0.2) is 72.6 Å². The first-order chi connectivity index (χ1) is 15.5. The molecule has 1 N–H and O–H groups in total. The van der Waals surface area contributed by atoms with Crippen LogP contribution in [0, 0.1) is 13.8 Å². The van der Waals surface area contributed by atoms with Gasteiger partial charge in [-0.05, 0) is 67.8 Å². The number of rotatable bonds is 7. The van der Waals surface area contributed by atoms with Crippen molar-refractivity contribution in [1.82, 2.24) is 9.88 Å². The van der Waals surface area contributed by atoms with E-state index in [0.29, 0.717) is 29.2 Å². The molecular weight excluding hydrogens is 402 g/mol. The molecular formula is C26H25N3O3. The number of nitrogens with one attached hydrogen (secondary N) is 1. The minimum atomic E-state index is -0.370. The fourth-order valence-corrected chi connectivity index (χ4v) is 3.65. The molecule has 3 aromatic rings. The van der Waals surface area contributed by atoms with E-state index in [4.69, 9.17) is 4.74 Å². The third-order valence-corrected chi connectivity index (χ3v) is 5.32. The van der Waals surface area contributed by atoms with Crippen LogP contribution in [0.2, 0.25) is 0 Å². The highest BCUT2D eigenvalue weighted by Crippen LogP contribution is 2.33. The third kappa shape index (κ3) is 4.25. The van der Waals surface area contributed by atoms with Crippen molar-refractivity contribution in [3.63, 3.8) is 0 Å². The number of aryl methyl sites for hydroxylation is 2. The van der Waals surface area contributed by atoms with E-state index in [1.807, 2.05) is 45.0 Å². The monoisotopic (exact) mass is 427 g/mol. The molecule has 2 amide bonds. The van der Waals surface area contributed by atoms with Crippen LogP contribution < -0.4 is 10.1 Å². The summed E-state index contributed by atoms with van der Waals surface area (Å²) in [5.74, 6) is -0.00827. The van der Waals surface area contributed by atoms with E-state index in [1.165, 1.54) is 4.90 Å². The van der Waals surface area contributed by atoms with Gasteiger partial charge >= 0.3 is 0 Å². The van der Waals surface area contributed by atoms with Crippen LogP contribution in [0.4, 0.5) is 5.69 Å². The molecule has 162 valence electrons. The molecule has 2 aromatic carbocycles. The van der Waals surface area contributed by atoms with Crippen LogP contribution in [0.25, 0.3) is 5.57 Å². The number of carbonyl (C=O) groups is 2. The lowest BCUT2D eigenvalue weighted by Crippen LogP contribution is -2.32. The maximum atomic E-state index is 13.4. The highest BCUT2D eigenvalue weighted by Gasteiger charge is 2.39. The maximum absolute atomic E-state index is 13.4. The topological polar surface area (TPSA) is 71.5 Å². The predicted molar refractivity (Wildman–Crippen MR) is 124 cm³/mol. The number of hydrogen-bond acceptors (Lipinski definition) is 5. The standard InChI is InChI=1S/C26H25N3O3/c1-4-32-21-12-10-19(11-13-21)23-24(28-22-15-17(2)8-9-18(22)3)26(31)29(25(23)30)16-20-7-5-6-14-27-20/h5-15,28H,4,16H2,1-3H3. The number of ether oxygens (including phenoxy) is 1. The van der Waals surface area contributed by atoms with Crippen molar-refractivity contribution in [2.45, 2.75) is 27.3 Å². The molecule has 6 heteroatoms. The van der Waals surface area contributed by atoms with Gasteiger partial charge in [0.2, 0.25) is 0 Å². The second-order valence-corrected chi connectivity index (χ2v) is 7.67. The van der Waals surface area contributed by atoms with Gasteiger partial charge in [-0.1, -0.05) is 30.3 Å². The number of pyridine rings is 1. The molecule has 0 spiro atoms. The molecule has 4 rings (SSSR count). The second-order valence-electron chi connectivity index (χ2n) is 7.67. The minimum absolute atomic E-state index is 0.108. The van der Waals surface area contributed by atoms with Gasteiger partial charge in [0.05, 0.1) is 24.4 Å². The highest BCUT2D eigenvalue weighted by atomic mass is 16.5. The Hall–Kier alpha value is -3.93. The van der Waals surface area contributed by atoms with E-state index in [0.717, 1.165) is 16.8 Å². The van der Waals surface area contributed by atoms with E-state index >= 15 is 0 Å². The number of carbonyl (C=O) groups excluding carboxylic acids is 2. The number of nitrogens with zero attached hydrogens (tertiary/aromatic N) is 2. The zero-order valence-corrected chi connectivity index (χ0v) is 18.4. The molecule has 1 aromatic heterocycles. The van der Waals surface area contributed by atoms with Crippen molar-refractivity contribution in [3.05, 3.63) is 94.9 Å². The van der Waals surface area contributed by atoms with Crippen molar-refractivity contribution in [2.24, 2.45) is 0 Å². The summed E-state index contributed by atoms with van der Waals surface area (Å²) in [6.45, 7) is 6.53. The lowest BCUT2D eigenvalue weighted by atomic mass is 10.0. The number of amides is 2. The maximum Gasteiger partial charge on any atom is 0.278 e. The molecule has 0 radical (unpaired) electrons. The molecule has 32 heavy (non-hydrogen) atoms. The summed E-state index contributed by atoms with van der Waals surface area (Å²) in [7, 11) is 0. The van der Waals surface area contributed by atoms with Gasteiger partial charge in [0.1, 0.15) is 11.4 Å². The molecule has 0 atom stereocenters. The van der Waals surface area contributed by atoms with Gasteiger partial charge in [-0.2, -0.15) is 0 Å². The van der Waals surface area contributed by atoms with E-state index in [9.17, 15) is 9.59 Å². The molecule has 0 bridgehead atoms. The summed E-state index contributed by atoms with van der Waals surface area (Å²) >= 11 is 0. The number of anilines is 1. The number of imide groups is 1. The SMILES string of the molecule is CCOc1ccc(C2=C(Nc3cc(C)ccc3C)C(=O)N(Cc3ccccn3)C2=O)cc1. The zero-order chi connectivity index (χ0) is 22.7. The summed E-state index contributed by atoms with van der Waals surface area (Å²) < 4.78 is 5.52. The molecule has 0 fully saturated rings. The van der Waals surface area contributed by atoms with Crippen molar-refractivity contribution in [1.29, 1.82) is 0 Å². The molecule has 0 saturated heterocycles. The lowest BCUT2D eigenvalue weighted by Gasteiger charge is -2.15. The Bertz CT molecular complexity index is 1180. The van der Waals surface area contributed by atoms with Gasteiger partial charge in [0, 0.05) is 11.9 Å². The van der Waals surface area contributed by atoms with E-state index in [1.54, 1.807) is 42.6 Å². The normalized spacial score (nSPS) is 13.7. The summed E-state index contributed by atoms with van der Waals surface area (Å²) in [4.78, 5) is 32.4. The zero-order valence-electron chi connectivity index (χ0n) is 18.4. The average Bonchev–Trinajstić information content (AvgIpc) is 3.02. The minimum Gasteiger partial charge on any atom is -0.494 e. The number of benzene rings is 2. The molecule has 0 aliphatic carbocycles. The molecule has 1 aliphatic rings. The Kier molecular flexibility index (Phi) is 6.03. The van der Waals surface area contributed by atoms with Crippen LogP contribution in [-0.4, -0.2) is 28.3 Å². The summed E-state index contributed by atoms with van der Waals surface area (Å²) in [5, 5.41) is 3.25.